The van der Waals surface area contributed by atoms with E-state index in [0.717, 1.165) is 16.9 Å². The van der Waals surface area contributed by atoms with E-state index in [0.29, 0.717) is 10.1 Å². The van der Waals surface area contributed by atoms with Crippen molar-refractivity contribution in [1.82, 2.24) is 5.32 Å². The molecule has 3 rings (SSSR count). The Labute approximate surface area is 158 Å². The summed E-state index contributed by atoms with van der Waals surface area (Å²) >= 11 is 1.35. The number of hydrogen-bond donors (Lipinski definition) is 1. The first kappa shape index (κ1) is 18.0. The second-order valence-corrected chi connectivity index (χ2v) is 7.22. The molecule has 1 fully saturated rings. The fourth-order valence-corrected chi connectivity index (χ4v) is 3.16. The SMILES string of the molecule is Cc1ccc(N=C2NC(=O)/C(=C\C=C\c3ccc(N(C)C)cc3)S2)cc1. The lowest BCUT2D eigenvalue weighted by Crippen LogP contribution is -2.19. The number of rotatable bonds is 4. The largest absolute Gasteiger partial charge is 0.378 e. The highest BCUT2D eigenvalue weighted by molar-refractivity contribution is 8.18. The summed E-state index contributed by atoms with van der Waals surface area (Å²) in [5, 5.41) is 3.41. The smallest absolute Gasteiger partial charge is 0.264 e. The van der Waals surface area contributed by atoms with Crippen LogP contribution in [-0.2, 0) is 4.79 Å². The molecule has 1 saturated heterocycles. The van der Waals surface area contributed by atoms with E-state index in [2.05, 4.69) is 39.5 Å². The summed E-state index contributed by atoms with van der Waals surface area (Å²) in [7, 11) is 4.03. The van der Waals surface area contributed by atoms with Gasteiger partial charge in [-0.25, -0.2) is 4.99 Å². The van der Waals surface area contributed by atoms with Gasteiger partial charge in [-0.05, 0) is 54.6 Å². The minimum atomic E-state index is -0.117. The van der Waals surface area contributed by atoms with Crippen molar-refractivity contribution >= 4 is 40.3 Å². The van der Waals surface area contributed by atoms with Gasteiger partial charge in [-0.1, -0.05) is 42.0 Å². The molecule has 1 aliphatic heterocycles. The first-order valence-electron chi connectivity index (χ1n) is 8.31. The van der Waals surface area contributed by atoms with Gasteiger partial charge in [0.25, 0.3) is 5.91 Å². The molecule has 0 aromatic heterocycles. The van der Waals surface area contributed by atoms with Crippen LogP contribution in [0.2, 0.25) is 0 Å². The van der Waals surface area contributed by atoms with Crippen molar-refractivity contribution in [2.24, 2.45) is 4.99 Å². The molecule has 0 atom stereocenters. The summed E-state index contributed by atoms with van der Waals surface area (Å²) in [4.78, 5) is 19.2. The lowest BCUT2D eigenvalue weighted by molar-refractivity contribution is -0.115. The third kappa shape index (κ3) is 4.64. The molecule has 2 aromatic carbocycles. The van der Waals surface area contributed by atoms with Gasteiger partial charge in [0.1, 0.15) is 0 Å². The van der Waals surface area contributed by atoms with Crippen molar-refractivity contribution in [3.8, 4) is 0 Å². The number of hydrogen-bond acceptors (Lipinski definition) is 4. The minimum absolute atomic E-state index is 0.117. The molecule has 5 heteroatoms. The molecule has 0 bridgehead atoms. The van der Waals surface area contributed by atoms with E-state index >= 15 is 0 Å². The van der Waals surface area contributed by atoms with E-state index in [4.69, 9.17) is 0 Å². The zero-order valence-electron chi connectivity index (χ0n) is 15.1. The second kappa shape index (κ2) is 8.06. The summed E-state index contributed by atoms with van der Waals surface area (Å²) in [5.74, 6) is -0.117. The molecule has 132 valence electrons. The number of nitrogens with zero attached hydrogens (tertiary/aromatic N) is 2. The van der Waals surface area contributed by atoms with Gasteiger partial charge in [0.05, 0.1) is 10.6 Å². The van der Waals surface area contributed by atoms with Gasteiger partial charge in [0.15, 0.2) is 5.17 Å². The number of amidine groups is 1. The van der Waals surface area contributed by atoms with Gasteiger partial charge in [0, 0.05) is 19.8 Å². The van der Waals surface area contributed by atoms with E-state index < -0.39 is 0 Å². The normalized spacial score (nSPS) is 17.3. The highest BCUT2D eigenvalue weighted by Gasteiger charge is 2.22. The number of amides is 1. The zero-order valence-corrected chi connectivity index (χ0v) is 15.9. The van der Waals surface area contributed by atoms with Crippen molar-refractivity contribution in [2.45, 2.75) is 6.92 Å². The third-order valence-corrected chi connectivity index (χ3v) is 4.79. The molecule has 26 heavy (non-hydrogen) atoms. The van der Waals surface area contributed by atoms with Gasteiger partial charge in [-0.15, -0.1) is 0 Å². The summed E-state index contributed by atoms with van der Waals surface area (Å²) in [6.07, 6.45) is 5.69. The highest BCUT2D eigenvalue weighted by Crippen LogP contribution is 2.26. The molecule has 1 amide bonds. The number of aryl methyl sites for hydroxylation is 1. The fourth-order valence-electron chi connectivity index (χ4n) is 2.36. The Kier molecular flexibility index (Phi) is 5.58. The van der Waals surface area contributed by atoms with Crippen molar-refractivity contribution in [3.05, 3.63) is 76.7 Å². The fraction of sp³-hybridized carbons (Fsp3) is 0.143. The van der Waals surface area contributed by atoms with E-state index in [1.54, 1.807) is 0 Å². The maximum Gasteiger partial charge on any atom is 0.264 e. The van der Waals surface area contributed by atoms with Gasteiger partial charge in [-0.2, -0.15) is 0 Å². The Hall–Kier alpha value is -2.79. The molecule has 1 heterocycles. The molecule has 0 saturated carbocycles. The van der Waals surface area contributed by atoms with Crippen molar-refractivity contribution in [2.75, 3.05) is 19.0 Å². The summed E-state index contributed by atoms with van der Waals surface area (Å²) in [6.45, 7) is 2.03. The standard InChI is InChI=1S/C21H21N3OS/c1-15-7-11-17(12-8-15)22-21-23-20(25)19(26-21)6-4-5-16-9-13-18(14-10-16)24(2)3/h4-14H,1-3H3,(H,22,23,25)/b5-4+,19-6+. The average Bonchev–Trinajstić information content (AvgIpc) is 2.97. The van der Waals surface area contributed by atoms with Gasteiger partial charge in [0.2, 0.25) is 0 Å². The molecule has 2 aromatic rings. The number of carbonyl (C=O) groups excluding carboxylic acids is 1. The molecule has 4 nitrogen and oxygen atoms in total. The molecule has 1 aliphatic rings. The van der Waals surface area contributed by atoms with Gasteiger partial charge in [-0.3, -0.25) is 4.79 Å². The van der Waals surface area contributed by atoms with E-state index in [-0.39, 0.29) is 5.91 Å². The summed E-state index contributed by atoms with van der Waals surface area (Å²) in [6, 6.07) is 16.1. The Morgan fingerprint density at radius 1 is 1.04 bits per heavy atom. The highest BCUT2D eigenvalue weighted by atomic mass is 32.2. The lowest BCUT2D eigenvalue weighted by atomic mass is 10.2. The van der Waals surface area contributed by atoms with Gasteiger partial charge < -0.3 is 10.2 Å². The third-order valence-electron chi connectivity index (χ3n) is 3.86. The van der Waals surface area contributed by atoms with Crippen LogP contribution in [0, 0.1) is 6.92 Å². The molecule has 0 unspecified atom stereocenters. The van der Waals surface area contributed by atoms with E-state index in [9.17, 15) is 4.79 Å². The number of allylic oxidation sites excluding steroid dienone is 2. The lowest BCUT2D eigenvalue weighted by Gasteiger charge is -2.11. The molecule has 0 aliphatic carbocycles. The van der Waals surface area contributed by atoms with Crippen LogP contribution in [0.4, 0.5) is 11.4 Å². The van der Waals surface area contributed by atoms with Crippen LogP contribution in [0.1, 0.15) is 11.1 Å². The van der Waals surface area contributed by atoms with Crippen LogP contribution in [-0.4, -0.2) is 25.2 Å². The van der Waals surface area contributed by atoms with Crippen LogP contribution in [0.25, 0.3) is 6.08 Å². The second-order valence-electron chi connectivity index (χ2n) is 6.18. The Morgan fingerprint density at radius 2 is 1.73 bits per heavy atom. The zero-order chi connectivity index (χ0) is 18.5. The molecule has 1 N–H and O–H groups in total. The van der Waals surface area contributed by atoms with E-state index in [1.165, 1.54) is 17.3 Å². The van der Waals surface area contributed by atoms with Gasteiger partial charge >= 0.3 is 0 Å². The number of aliphatic imine (C=N–C) groups is 1. The van der Waals surface area contributed by atoms with Crippen molar-refractivity contribution in [3.63, 3.8) is 0 Å². The predicted molar refractivity (Wildman–Crippen MR) is 112 cm³/mol. The minimum Gasteiger partial charge on any atom is -0.378 e. The average molecular weight is 363 g/mol. The monoisotopic (exact) mass is 363 g/mol. The maximum absolute atomic E-state index is 12.1. The number of thioether (sulfide) groups is 1. The first-order chi connectivity index (χ1) is 12.5. The molecule has 0 spiro atoms. The van der Waals surface area contributed by atoms with Crippen LogP contribution >= 0.6 is 11.8 Å². The molecular formula is C21H21N3OS. The van der Waals surface area contributed by atoms with Crippen molar-refractivity contribution in [1.29, 1.82) is 0 Å². The Balaban J connectivity index is 1.67. The summed E-state index contributed by atoms with van der Waals surface area (Å²) < 4.78 is 0. The Bertz CT molecular complexity index is 878. The summed E-state index contributed by atoms with van der Waals surface area (Å²) in [5.41, 5.74) is 4.25. The first-order valence-corrected chi connectivity index (χ1v) is 9.13. The van der Waals surface area contributed by atoms with Crippen LogP contribution < -0.4 is 10.2 Å². The van der Waals surface area contributed by atoms with Crippen LogP contribution in [0.5, 0.6) is 0 Å². The number of nitrogens with one attached hydrogen (secondary N) is 1. The van der Waals surface area contributed by atoms with E-state index in [1.807, 2.05) is 63.5 Å². The number of anilines is 1. The molecular weight excluding hydrogens is 342 g/mol. The maximum atomic E-state index is 12.1. The predicted octanol–water partition coefficient (Wildman–Crippen LogP) is 4.51. The topological polar surface area (TPSA) is 44.7 Å². The molecule has 0 radical (unpaired) electrons. The van der Waals surface area contributed by atoms with Crippen LogP contribution in [0.3, 0.4) is 0 Å². The Morgan fingerprint density at radius 3 is 2.38 bits per heavy atom. The van der Waals surface area contributed by atoms with Crippen LogP contribution in [0.15, 0.2) is 70.6 Å². The number of carbonyl (C=O) groups is 1. The number of benzene rings is 2. The van der Waals surface area contributed by atoms with Crippen molar-refractivity contribution < 1.29 is 4.79 Å². The quantitative estimate of drug-likeness (QED) is 0.813.